The summed E-state index contributed by atoms with van der Waals surface area (Å²) in [6.45, 7) is 5.96. The Bertz CT molecular complexity index is 389. The van der Waals surface area contributed by atoms with Gasteiger partial charge in [-0.3, -0.25) is 4.79 Å². The summed E-state index contributed by atoms with van der Waals surface area (Å²) in [6, 6.07) is 4.42. The second-order valence-corrected chi connectivity index (χ2v) is 3.84. The lowest BCUT2D eigenvalue weighted by Crippen LogP contribution is -2.42. The first-order valence-electron chi connectivity index (χ1n) is 5.34. The molecule has 4 nitrogen and oxygen atoms in total. The molecule has 0 fully saturated rings. The number of anilines is 1. The summed E-state index contributed by atoms with van der Waals surface area (Å²) in [7, 11) is 0. The van der Waals surface area contributed by atoms with Crippen LogP contribution in [-0.2, 0) is 4.79 Å². The maximum atomic E-state index is 11.9. The second kappa shape index (κ2) is 4.99. The summed E-state index contributed by atoms with van der Waals surface area (Å²) in [5.74, 6) is 0.00715. The zero-order chi connectivity index (χ0) is 12.3. The summed E-state index contributed by atoms with van der Waals surface area (Å²) in [4.78, 5) is 13.4. The van der Waals surface area contributed by atoms with Gasteiger partial charge in [0.15, 0.2) is 0 Å². The number of benzene rings is 1. The normalized spacial score (nSPS) is 12.2. The van der Waals surface area contributed by atoms with Crippen molar-refractivity contribution < 1.29 is 9.90 Å². The molecule has 1 rings (SSSR count). The average molecular weight is 222 g/mol. The first kappa shape index (κ1) is 12.5. The number of nitrogens with zero attached hydrogens (tertiary/aromatic N) is 1. The van der Waals surface area contributed by atoms with E-state index in [1.807, 2.05) is 13.8 Å². The van der Waals surface area contributed by atoms with Crippen LogP contribution in [0.1, 0.15) is 19.4 Å². The largest absolute Gasteiger partial charge is 0.508 e. The summed E-state index contributed by atoms with van der Waals surface area (Å²) >= 11 is 0. The molecule has 0 aliphatic rings. The van der Waals surface area contributed by atoms with Gasteiger partial charge in [0.25, 0.3) is 0 Å². The summed E-state index contributed by atoms with van der Waals surface area (Å²) in [5.41, 5.74) is 7.24. The maximum Gasteiger partial charge on any atom is 0.243 e. The number of aromatic hydroxyl groups is 1. The fourth-order valence-corrected chi connectivity index (χ4v) is 1.58. The van der Waals surface area contributed by atoms with Crippen LogP contribution in [-0.4, -0.2) is 23.6 Å². The van der Waals surface area contributed by atoms with E-state index in [1.54, 1.807) is 30.0 Å². The third-order valence-corrected chi connectivity index (χ3v) is 2.46. The number of aryl methyl sites for hydroxylation is 1. The Morgan fingerprint density at radius 2 is 2.19 bits per heavy atom. The van der Waals surface area contributed by atoms with Crippen LogP contribution in [0.5, 0.6) is 5.75 Å². The highest BCUT2D eigenvalue weighted by Gasteiger charge is 2.19. The van der Waals surface area contributed by atoms with Crippen LogP contribution < -0.4 is 10.6 Å². The highest BCUT2D eigenvalue weighted by Crippen LogP contribution is 2.25. The minimum absolute atomic E-state index is 0.142. The van der Waals surface area contributed by atoms with Crippen molar-refractivity contribution in [2.75, 3.05) is 11.4 Å². The molecular formula is C12H18N2O2. The molecular weight excluding hydrogens is 204 g/mol. The monoisotopic (exact) mass is 222 g/mol. The van der Waals surface area contributed by atoms with E-state index in [0.717, 1.165) is 5.56 Å². The van der Waals surface area contributed by atoms with E-state index in [-0.39, 0.29) is 11.7 Å². The topological polar surface area (TPSA) is 66.6 Å². The number of hydrogen-bond donors (Lipinski definition) is 2. The van der Waals surface area contributed by atoms with Crippen molar-refractivity contribution in [1.29, 1.82) is 0 Å². The predicted octanol–water partition coefficient (Wildman–Crippen LogP) is 1.40. The summed E-state index contributed by atoms with van der Waals surface area (Å²) < 4.78 is 0. The molecule has 0 radical (unpaired) electrons. The van der Waals surface area contributed by atoms with Crippen LogP contribution in [0.2, 0.25) is 0 Å². The average Bonchev–Trinajstić information content (AvgIpc) is 2.23. The molecule has 0 aliphatic heterocycles. The van der Waals surface area contributed by atoms with E-state index in [2.05, 4.69) is 0 Å². The molecule has 3 N–H and O–H groups in total. The van der Waals surface area contributed by atoms with Gasteiger partial charge in [0.1, 0.15) is 5.75 Å². The highest BCUT2D eigenvalue weighted by atomic mass is 16.3. The van der Waals surface area contributed by atoms with E-state index < -0.39 is 6.04 Å². The number of likely N-dealkylation sites (N-methyl/N-ethyl adjacent to an activating group) is 1. The Hall–Kier alpha value is -1.55. The van der Waals surface area contributed by atoms with Gasteiger partial charge in [-0.1, -0.05) is 6.07 Å². The SMILES string of the molecule is CCN(C(=O)C(C)N)c1cc(O)ccc1C. The molecule has 0 bridgehead atoms. The van der Waals surface area contributed by atoms with Gasteiger partial charge in [-0.25, -0.2) is 0 Å². The molecule has 0 saturated carbocycles. The van der Waals surface area contributed by atoms with Crippen molar-refractivity contribution in [3.05, 3.63) is 23.8 Å². The number of phenolic OH excluding ortho intramolecular Hbond substituents is 1. The van der Waals surface area contributed by atoms with Gasteiger partial charge in [-0.2, -0.15) is 0 Å². The quantitative estimate of drug-likeness (QED) is 0.812. The van der Waals surface area contributed by atoms with Crippen molar-refractivity contribution in [3.63, 3.8) is 0 Å². The van der Waals surface area contributed by atoms with Gasteiger partial charge < -0.3 is 15.7 Å². The fraction of sp³-hybridized carbons (Fsp3) is 0.417. The molecule has 1 unspecified atom stereocenters. The predicted molar refractivity (Wildman–Crippen MR) is 64.5 cm³/mol. The highest BCUT2D eigenvalue weighted by molar-refractivity contribution is 5.97. The number of phenols is 1. The minimum atomic E-state index is -0.540. The lowest BCUT2D eigenvalue weighted by atomic mass is 10.1. The van der Waals surface area contributed by atoms with Gasteiger partial charge in [-0.15, -0.1) is 0 Å². The van der Waals surface area contributed by atoms with Crippen molar-refractivity contribution in [2.45, 2.75) is 26.8 Å². The third-order valence-electron chi connectivity index (χ3n) is 2.46. The van der Waals surface area contributed by atoms with Crippen molar-refractivity contribution in [2.24, 2.45) is 5.73 Å². The van der Waals surface area contributed by atoms with Crippen LogP contribution >= 0.6 is 0 Å². The number of rotatable bonds is 3. The van der Waals surface area contributed by atoms with E-state index in [0.29, 0.717) is 12.2 Å². The van der Waals surface area contributed by atoms with Crippen LogP contribution in [0, 0.1) is 6.92 Å². The van der Waals surface area contributed by atoms with Crippen molar-refractivity contribution in [3.8, 4) is 5.75 Å². The summed E-state index contributed by atoms with van der Waals surface area (Å²) in [6.07, 6.45) is 0. The molecule has 1 amide bonds. The number of carbonyl (C=O) groups excluding carboxylic acids is 1. The molecule has 4 heteroatoms. The molecule has 0 aliphatic carbocycles. The van der Waals surface area contributed by atoms with Gasteiger partial charge >= 0.3 is 0 Å². The number of nitrogens with two attached hydrogens (primary N) is 1. The number of carbonyl (C=O) groups is 1. The maximum absolute atomic E-state index is 11.9. The fourth-order valence-electron chi connectivity index (χ4n) is 1.58. The number of amides is 1. The van der Waals surface area contributed by atoms with E-state index in [9.17, 15) is 9.90 Å². The molecule has 0 heterocycles. The van der Waals surface area contributed by atoms with Crippen LogP contribution in [0.25, 0.3) is 0 Å². The third kappa shape index (κ3) is 2.52. The standard InChI is InChI=1S/C12H18N2O2/c1-4-14(12(16)9(3)13)11-7-10(15)6-5-8(11)2/h5-7,9,15H,4,13H2,1-3H3. The van der Waals surface area contributed by atoms with Gasteiger partial charge in [0.05, 0.1) is 11.7 Å². The lowest BCUT2D eigenvalue weighted by molar-refractivity contribution is -0.119. The molecule has 0 aromatic heterocycles. The Balaban J connectivity index is 3.13. The molecule has 1 atom stereocenters. The Morgan fingerprint density at radius 3 is 2.69 bits per heavy atom. The van der Waals surface area contributed by atoms with E-state index in [1.165, 1.54) is 0 Å². The first-order chi connectivity index (χ1) is 7.47. The Morgan fingerprint density at radius 1 is 1.56 bits per heavy atom. The van der Waals surface area contributed by atoms with E-state index in [4.69, 9.17) is 5.73 Å². The molecule has 88 valence electrons. The Labute approximate surface area is 95.7 Å². The van der Waals surface area contributed by atoms with Crippen LogP contribution in [0.4, 0.5) is 5.69 Å². The Kier molecular flexibility index (Phi) is 3.90. The van der Waals surface area contributed by atoms with Crippen LogP contribution in [0.15, 0.2) is 18.2 Å². The van der Waals surface area contributed by atoms with Gasteiger partial charge in [0, 0.05) is 12.6 Å². The van der Waals surface area contributed by atoms with Crippen LogP contribution in [0.3, 0.4) is 0 Å². The summed E-state index contributed by atoms with van der Waals surface area (Å²) in [5, 5.41) is 9.43. The lowest BCUT2D eigenvalue weighted by Gasteiger charge is -2.24. The van der Waals surface area contributed by atoms with Gasteiger partial charge in [-0.05, 0) is 32.4 Å². The molecule has 16 heavy (non-hydrogen) atoms. The smallest absolute Gasteiger partial charge is 0.243 e. The van der Waals surface area contributed by atoms with Crippen molar-refractivity contribution >= 4 is 11.6 Å². The van der Waals surface area contributed by atoms with E-state index >= 15 is 0 Å². The zero-order valence-corrected chi connectivity index (χ0v) is 9.90. The molecule has 1 aromatic rings. The van der Waals surface area contributed by atoms with Crippen molar-refractivity contribution in [1.82, 2.24) is 0 Å². The molecule has 1 aromatic carbocycles. The zero-order valence-electron chi connectivity index (χ0n) is 9.90. The number of hydrogen-bond acceptors (Lipinski definition) is 3. The van der Waals surface area contributed by atoms with Gasteiger partial charge in [0.2, 0.25) is 5.91 Å². The second-order valence-electron chi connectivity index (χ2n) is 3.84. The minimum Gasteiger partial charge on any atom is -0.508 e. The molecule has 0 spiro atoms. The first-order valence-corrected chi connectivity index (χ1v) is 5.34. The molecule has 0 saturated heterocycles.